The summed E-state index contributed by atoms with van der Waals surface area (Å²) in [5.74, 6) is 0.435. The van der Waals surface area contributed by atoms with Crippen molar-refractivity contribution in [3.05, 3.63) is 118 Å². The Balaban J connectivity index is 1.34. The second-order valence-electron chi connectivity index (χ2n) is 9.62. The normalized spacial score (nSPS) is 18.1. The van der Waals surface area contributed by atoms with Crippen LogP contribution in [-0.4, -0.2) is 47.0 Å². The fraction of sp³-hybridized carbons (Fsp3) is 0.219. The number of hydrogen-bond acceptors (Lipinski definition) is 6. The van der Waals surface area contributed by atoms with Gasteiger partial charge in [-0.05, 0) is 40.0 Å². The molecule has 7 nitrogen and oxygen atoms in total. The van der Waals surface area contributed by atoms with Gasteiger partial charge in [-0.3, -0.25) is 14.5 Å². The van der Waals surface area contributed by atoms with Crippen molar-refractivity contribution in [1.29, 1.82) is 0 Å². The predicted molar refractivity (Wildman–Crippen MR) is 160 cm³/mol. The first-order valence-electron chi connectivity index (χ1n) is 13.1. The molecule has 3 aromatic rings. The number of rotatable bonds is 10. The Morgan fingerprint density at radius 1 is 0.976 bits per heavy atom. The van der Waals surface area contributed by atoms with Crippen molar-refractivity contribution < 1.29 is 23.9 Å². The molecule has 0 spiro atoms. The lowest BCUT2D eigenvalue weighted by Gasteiger charge is -2.49. The lowest BCUT2D eigenvalue weighted by Crippen LogP contribution is -2.70. The van der Waals surface area contributed by atoms with Gasteiger partial charge in [-0.2, -0.15) is 0 Å². The Labute approximate surface area is 248 Å². The van der Waals surface area contributed by atoms with Crippen LogP contribution in [0.1, 0.15) is 22.3 Å². The number of nitrogens with zero attached hydrogens (tertiary/aromatic N) is 1. The van der Waals surface area contributed by atoms with E-state index >= 15 is 0 Å². The Bertz CT molecular complexity index is 1470. The van der Waals surface area contributed by atoms with Gasteiger partial charge in [0.2, 0.25) is 5.91 Å². The highest BCUT2D eigenvalue weighted by atomic mass is 35.5. The average Bonchev–Trinajstić information content (AvgIpc) is 3.02. The van der Waals surface area contributed by atoms with Crippen LogP contribution in [-0.2, 0) is 38.0 Å². The van der Waals surface area contributed by atoms with Crippen LogP contribution in [0.25, 0.3) is 6.08 Å². The van der Waals surface area contributed by atoms with Crippen LogP contribution in [0.3, 0.4) is 0 Å². The van der Waals surface area contributed by atoms with Gasteiger partial charge in [0.25, 0.3) is 5.91 Å². The number of β-lactam (4-membered cyclic amide) rings is 1. The van der Waals surface area contributed by atoms with Crippen LogP contribution in [0, 0.1) is 0 Å². The fourth-order valence-corrected chi connectivity index (χ4v) is 6.12. The smallest absolute Gasteiger partial charge is 0.355 e. The molecule has 41 heavy (non-hydrogen) atoms. The molecule has 9 heteroatoms. The van der Waals surface area contributed by atoms with Gasteiger partial charge in [-0.1, -0.05) is 78.9 Å². The molecule has 2 atom stereocenters. The van der Waals surface area contributed by atoms with Gasteiger partial charge in [-0.25, -0.2) is 4.79 Å². The number of ether oxygens (including phenoxy) is 2. The fourth-order valence-electron chi connectivity index (χ4n) is 4.62. The van der Waals surface area contributed by atoms with E-state index in [1.165, 1.54) is 16.7 Å². The van der Waals surface area contributed by atoms with E-state index in [1.807, 2.05) is 78.9 Å². The van der Waals surface area contributed by atoms with Crippen LogP contribution in [0.15, 0.2) is 96.2 Å². The molecule has 0 radical (unpaired) electrons. The lowest BCUT2D eigenvalue weighted by molar-refractivity contribution is -0.153. The number of carbonyl (C=O) groups excluding carboxylic acids is 3. The topological polar surface area (TPSA) is 84.9 Å². The van der Waals surface area contributed by atoms with E-state index in [0.29, 0.717) is 23.0 Å². The number of hydrogen-bond donors (Lipinski definition) is 1. The molecule has 5 rings (SSSR count). The van der Waals surface area contributed by atoms with Gasteiger partial charge in [0.05, 0.1) is 13.5 Å². The molecule has 2 aliphatic heterocycles. The summed E-state index contributed by atoms with van der Waals surface area (Å²) >= 11 is 7.41. The molecule has 2 amide bonds. The largest absolute Gasteiger partial charge is 0.497 e. The number of amides is 2. The second kappa shape index (κ2) is 13.1. The van der Waals surface area contributed by atoms with E-state index in [9.17, 15) is 14.4 Å². The summed E-state index contributed by atoms with van der Waals surface area (Å²) in [5.41, 5.74) is 4.47. The van der Waals surface area contributed by atoms with E-state index in [0.717, 1.165) is 22.3 Å². The molecule has 1 saturated heterocycles. The maximum absolute atomic E-state index is 13.5. The molecule has 0 aliphatic carbocycles. The molecule has 1 fully saturated rings. The third-order valence-corrected chi connectivity index (χ3v) is 8.47. The standard InChI is InChI=1S/C32H29ClN2O5S/c1-39-26-15-12-24(13-16-26)19-40-32(38)29-25(14-11-21-7-9-23(18-33)10-8-21)20-41-31-28(30(37)35(29)31)34-27(36)17-22-5-3-2-4-6-22/h2-16,28,31H,17-20H2,1H3,(H,34,36)/b14-11-/t28-,31?/m1/s1. The highest BCUT2D eigenvalue weighted by Gasteiger charge is 2.54. The van der Waals surface area contributed by atoms with Gasteiger partial charge < -0.3 is 14.8 Å². The third-order valence-electron chi connectivity index (χ3n) is 6.86. The molecule has 0 saturated carbocycles. The molecule has 0 bridgehead atoms. The molecule has 1 N–H and O–H groups in total. The quantitative estimate of drug-likeness (QED) is 0.202. The summed E-state index contributed by atoms with van der Waals surface area (Å²) in [7, 11) is 1.59. The van der Waals surface area contributed by atoms with E-state index in [-0.39, 0.29) is 30.5 Å². The maximum atomic E-state index is 13.5. The van der Waals surface area contributed by atoms with E-state index in [4.69, 9.17) is 21.1 Å². The summed E-state index contributed by atoms with van der Waals surface area (Å²) in [6, 6.07) is 23.6. The van der Waals surface area contributed by atoms with Crippen molar-refractivity contribution in [3.8, 4) is 5.75 Å². The first kappa shape index (κ1) is 28.5. The summed E-state index contributed by atoms with van der Waals surface area (Å²) in [4.78, 5) is 41.0. The molecule has 3 aromatic carbocycles. The highest BCUT2D eigenvalue weighted by Crippen LogP contribution is 2.41. The minimum atomic E-state index is -0.714. The van der Waals surface area contributed by atoms with E-state index in [2.05, 4.69) is 5.32 Å². The maximum Gasteiger partial charge on any atom is 0.355 e. The van der Waals surface area contributed by atoms with Gasteiger partial charge in [0, 0.05) is 11.6 Å². The average molecular weight is 589 g/mol. The van der Waals surface area contributed by atoms with Crippen LogP contribution >= 0.6 is 23.4 Å². The number of thioether (sulfide) groups is 1. The monoisotopic (exact) mass is 588 g/mol. The van der Waals surface area contributed by atoms with Crippen molar-refractivity contribution in [3.63, 3.8) is 0 Å². The first-order valence-corrected chi connectivity index (χ1v) is 14.7. The summed E-state index contributed by atoms with van der Waals surface area (Å²) in [6.45, 7) is 0.0420. The van der Waals surface area contributed by atoms with Gasteiger partial charge >= 0.3 is 5.97 Å². The number of nitrogens with one attached hydrogen (secondary N) is 1. The minimum Gasteiger partial charge on any atom is -0.497 e. The van der Waals surface area contributed by atoms with Crippen molar-refractivity contribution in [2.24, 2.45) is 0 Å². The van der Waals surface area contributed by atoms with Gasteiger partial charge in [0.15, 0.2) is 0 Å². The van der Waals surface area contributed by atoms with Crippen LogP contribution in [0.4, 0.5) is 0 Å². The third kappa shape index (κ3) is 6.66. The van der Waals surface area contributed by atoms with E-state index < -0.39 is 17.4 Å². The van der Waals surface area contributed by atoms with Gasteiger partial charge in [0.1, 0.15) is 29.5 Å². The first-order chi connectivity index (χ1) is 20.0. The molecule has 210 valence electrons. The predicted octanol–water partition coefficient (Wildman–Crippen LogP) is 5.09. The molecule has 2 heterocycles. The highest BCUT2D eigenvalue weighted by molar-refractivity contribution is 8.00. The van der Waals surface area contributed by atoms with E-state index in [1.54, 1.807) is 19.2 Å². The zero-order chi connectivity index (χ0) is 28.8. The SMILES string of the molecule is COc1ccc(COC(=O)C2=C(/C=C\c3ccc(CCl)cc3)CSC3[C@H](NC(=O)Cc4ccccc4)C(=O)N23)cc1. The number of allylic oxidation sites excluding steroid dienone is 1. The van der Waals surface area contributed by atoms with Crippen molar-refractivity contribution in [2.45, 2.75) is 30.3 Å². The zero-order valence-electron chi connectivity index (χ0n) is 22.4. The lowest BCUT2D eigenvalue weighted by atomic mass is 10.0. The number of carbonyl (C=O) groups is 3. The number of benzene rings is 3. The zero-order valence-corrected chi connectivity index (χ0v) is 24.0. The molecule has 0 aromatic heterocycles. The summed E-state index contributed by atoms with van der Waals surface area (Å²) in [6.07, 6.45) is 3.91. The molecular formula is C32H29ClN2O5S. The Morgan fingerprint density at radius 2 is 1.68 bits per heavy atom. The summed E-state index contributed by atoms with van der Waals surface area (Å²) < 4.78 is 10.9. The van der Waals surface area contributed by atoms with Crippen molar-refractivity contribution >= 4 is 47.2 Å². The number of alkyl halides is 1. The Hall–Kier alpha value is -4.01. The van der Waals surface area contributed by atoms with Crippen LogP contribution in [0.5, 0.6) is 5.75 Å². The number of esters is 1. The molecular weight excluding hydrogens is 560 g/mol. The number of methoxy groups -OCH3 is 1. The molecule has 2 aliphatic rings. The Kier molecular flexibility index (Phi) is 9.11. The van der Waals surface area contributed by atoms with Gasteiger partial charge in [-0.15, -0.1) is 23.4 Å². The van der Waals surface area contributed by atoms with Crippen molar-refractivity contribution in [2.75, 3.05) is 12.9 Å². The summed E-state index contributed by atoms with van der Waals surface area (Å²) in [5, 5.41) is 2.46. The van der Waals surface area contributed by atoms with Crippen molar-refractivity contribution in [1.82, 2.24) is 10.2 Å². The number of fused-ring (bicyclic) bond motifs is 1. The Morgan fingerprint density at radius 3 is 2.37 bits per heavy atom. The number of halogens is 1. The second-order valence-corrected chi connectivity index (χ2v) is 11.0. The minimum absolute atomic E-state index is 0.0420. The molecule has 1 unspecified atom stereocenters. The van der Waals surface area contributed by atoms with Crippen LogP contribution < -0.4 is 10.1 Å². The van der Waals surface area contributed by atoms with Crippen LogP contribution in [0.2, 0.25) is 0 Å².